The van der Waals surface area contributed by atoms with Crippen molar-refractivity contribution in [3.05, 3.63) is 36.5 Å². The highest BCUT2D eigenvalue weighted by Crippen LogP contribution is 1.91. The van der Waals surface area contributed by atoms with Crippen LogP contribution in [-0.4, -0.2) is 11.7 Å². The minimum absolute atomic E-state index is 0.247. The Bertz CT molecular complexity index is 166. The van der Waals surface area contributed by atoms with E-state index in [9.17, 15) is 0 Å². The smallest absolute Gasteiger partial charge is 0.0465 e. The summed E-state index contributed by atoms with van der Waals surface area (Å²) in [6.07, 6.45) is 16.6. The highest BCUT2D eigenvalue weighted by molar-refractivity contribution is 5.04. The van der Waals surface area contributed by atoms with Gasteiger partial charge in [-0.05, 0) is 19.3 Å². The molecule has 1 nitrogen and oxygen atoms in total. The molecule has 0 fully saturated rings. The predicted molar refractivity (Wildman–Crippen MR) is 58.6 cm³/mol. The van der Waals surface area contributed by atoms with Crippen LogP contribution >= 0.6 is 0 Å². The third-order valence-electron chi connectivity index (χ3n) is 1.57. The Morgan fingerprint density at radius 1 is 0.923 bits per heavy atom. The van der Waals surface area contributed by atoms with Gasteiger partial charge in [0.1, 0.15) is 0 Å². The highest BCUT2D eigenvalue weighted by atomic mass is 16.2. The largest absolute Gasteiger partial charge is 0.396 e. The Morgan fingerprint density at radius 2 is 1.69 bits per heavy atom. The fourth-order valence-electron chi connectivity index (χ4n) is 0.866. The summed E-state index contributed by atoms with van der Waals surface area (Å²) in [4.78, 5) is 0. The van der Waals surface area contributed by atoms with Crippen LogP contribution in [-0.2, 0) is 0 Å². The van der Waals surface area contributed by atoms with Gasteiger partial charge in [-0.2, -0.15) is 0 Å². The zero-order valence-electron chi connectivity index (χ0n) is 8.45. The van der Waals surface area contributed by atoms with Crippen LogP contribution in [0.2, 0.25) is 0 Å². The van der Waals surface area contributed by atoms with Crippen LogP contribution < -0.4 is 0 Å². The average Bonchev–Trinajstić information content (AvgIpc) is 2.16. The first-order chi connectivity index (χ1) is 6.41. The first kappa shape index (κ1) is 12.2. The molecule has 0 rings (SSSR count). The molecule has 0 atom stereocenters. The lowest BCUT2D eigenvalue weighted by Crippen LogP contribution is -1.74. The summed E-state index contributed by atoms with van der Waals surface area (Å²) in [5.41, 5.74) is 0. The second kappa shape index (κ2) is 11.2. The van der Waals surface area contributed by atoms with Crippen molar-refractivity contribution in [3.8, 4) is 0 Å². The fourth-order valence-corrected chi connectivity index (χ4v) is 0.866. The van der Waals surface area contributed by atoms with Gasteiger partial charge in [0.25, 0.3) is 0 Å². The molecule has 0 saturated heterocycles. The summed E-state index contributed by atoms with van der Waals surface area (Å²) in [5.74, 6) is 0. The summed E-state index contributed by atoms with van der Waals surface area (Å²) < 4.78 is 0. The Labute approximate surface area is 81.5 Å². The summed E-state index contributed by atoms with van der Waals surface area (Å²) in [6, 6.07) is 0. The Balaban J connectivity index is 3.30. The van der Waals surface area contributed by atoms with Gasteiger partial charge in [-0.3, -0.25) is 0 Å². The number of hydrogen-bond acceptors (Lipinski definition) is 1. The molecular formula is C12H20O. The maximum absolute atomic E-state index is 8.49. The summed E-state index contributed by atoms with van der Waals surface area (Å²) in [5, 5.41) is 8.49. The average molecular weight is 180 g/mol. The van der Waals surface area contributed by atoms with Gasteiger partial charge < -0.3 is 5.11 Å². The van der Waals surface area contributed by atoms with E-state index in [1.165, 1.54) is 6.42 Å². The molecule has 0 aliphatic carbocycles. The molecule has 1 N–H and O–H groups in total. The maximum atomic E-state index is 8.49. The minimum Gasteiger partial charge on any atom is -0.396 e. The minimum atomic E-state index is 0.247. The van der Waals surface area contributed by atoms with Crippen molar-refractivity contribution >= 4 is 0 Å². The molecule has 13 heavy (non-hydrogen) atoms. The van der Waals surface area contributed by atoms with Gasteiger partial charge in [0, 0.05) is 6.61 Å². The number of allylic oxidation sites excluding steroid dienone is 5. The maximum Gasteiger partial charge on any atom is 0.0465 e. The van der Waals surface area contributed by atoms with Crippen molar-refractivity contribution in [2.24, 2.45) is 0 Å². The van der Waals surface area contributed by atoms with Gasteiger partial charge in [-0.1, -0.05) is 49.8 Å². The van der Waals surface area contributed by atoms with Gasteiger partial charge >= 0.3 is 0 Å². The van der Waals surface area contributed by atoms with E-state index in [0.29, 0.717) is 0 Å². The Kier molecular flexibility index (Phi) is 10.5. The summed E-state index contributed by atoms with van der Waals surface area (Å²) >= 11 is 0. The van der Waals surface area contributed by atoms with E-state index in [1.54, 1.807) is 0 Å². The molecule has 0 aliphatic rings. The van der Waals surface area contributed by atoms with Gasteiger partial charge in [0.2, 0.25) is 0 Å². The molecule has 0 aromatic heterocycles. The van der Waals surface area contributed by atoms with Crippen LogP contribution in [0.4, 0.5) is 0 Å². The van der Waals surface area contributed by atoms with Crippen LogP contribution in [0.1, 0.15) is 32.6 Å². The molecule has 0 heterocycles. The lowest BCUT2D eigenvalue weighted by molar-refractivity contribution is 0.302. The number of hydrogen-bond donors (Lipinski definition) is 1. The molecule has 0 aromatic rings. The highest BCUT2D eigenvalue weighted by Gasteiger charge is 1.73. The quantitative estimate of drug-likeness (QED) is 0.471. The van der Waals surface area contributed by atoms with Crippen LogP contribution in [0.5, 0.6) is 0 Å². The molecule has 74 valence electrons. The van der Waals surface area contributed by atoms with Crippen molar-refractivity contribution in [3.63, 3.8) is 0 Å². The molecule has 0 bridgehead atoms. The second-order valence-electron chi connectivity index (χ2n) is 2.86. The zero-order chi connectivity index (χ0) is 9.78. The molecule has 0 aliphatic heterocycles. The molecule has 0 radical (unpaired) electrons. The van der Waals surface area contributed by atoms with E-state index in [1.807, 2.05) is 6.08 Å². The van der Waals surface area contributed by atoms with E-state index >= 15 is 0 Å². The van der Waals surface area contributed by atoms with E-state index in [0.717, 1.165) is 19.3 Å². The number of aliphatic hydroxyl groups excluding tert-OH is 1. The molecule has 0 spiro atoms. The molecule has 0 amide bonds. The van der Waals surface area contributed by atoms with Crippen LogP contribution in [0.3, 0.4) is 0 Å². The van der Waals surface area contributed by atoms with Crippen molar-refractivity contribution < 1.29 is 5.11 Å². The van der Waals surface area contributed by atoms with Crippen LogP contribution in [0, 0.1) is 0 Å². The summed E-state index contributed by atoms with van der Waals surface area (Å²) in [7, 11) is 0. The van der Waals surface area contributed by atoms with Crippen molar-refractivity contribution in [2.45, 2.75) is 32.6 Å². The Morgan fingerprint density at radius 3 is 2.38 bits per heavy atom. The van der Waals surface area contributed by atoms with Crippen LogP contribution in [0.15, 0.2) is 36.5 Å². The number of rotatable bonds is 7. The fraction of sp³-hybridized carbons (Fsp3) is 0.500. The third kappa shape index (κ3) is 11.2. The molecule has 0 aromatic carbocycles. The van der Waals surface area contributed by atoms with Crippen molar-refractivity contribution in [1.82, 2.24) is 0 Å². The Hall–Kier alpha value is -0.820. The zero-order valence-corrected chi connectivity index (χ0v) is 8.45. The normalized spacial score (nSPS) is 12.5. The molecule has 0 saturated carbocycles. The molecular weight excluding hydrogens is 160 g/mol. The van der Waals surface area contributed by atoms with E-state index < -0.39 is 0 Å². The topological polar surface area (TPSA) is 20.2 Å². The van der Waals surface area contributed by atoms with Gasteiger partial charge in [0.15, 0.2) is 0 Å². The monoisotopic (exact) mass is 180 g/mol. The van der Waals surface area contributed by atoms with E-state index in [2.05, 4.69) is 37.3 Å². The lowest BCUT2D eigenvalue weighted by Gasteiger charge is -1.83. The van der Waals surface area contributed by atoms with Gasteiger partial charge in [0.05, 0.1) is 0 Å². The number of unbranched alkanes of at least 4 members (excludes halogenated alkanes) is 1. The SMILES string of the molecule is CCC/C=C\C=C/C/C=C/CCO. The van der Waals surface area contributed by atoms with Crippen LogP contribution in [0.25, 0.3) is 0 Å². The lowest BCUT2D eigenvalue weighted by atomic mass is 10.3. The van der Waals surface area contributed by atoms with Gasteiger partial charge in [-0.25, -0.2) is 0 Å². The molecule has 1 heteroatoms. The third-order valence-corrected chi connectivity index (χ3v) is 1.57. The summed E-state index contributed by atoms with van der Waals surface area (Å²) in [6.45, 7) is 2.42. The van der Waals surface area contributed by atoms with Crippen molar-refractivity contribution in [1.29, 1.82) is 0 Å². The van der Waals surface area contributed by atoms with E-state index in [4.69, 9.17) is 5.11 Å². The second-order valence-corrected chi connectivity index (χ2v) is 2.86. The van der Waals surface area contributed by atoms with Gasteiger partial charge in [-0.15, -0.1) is 0 Å². The van der Waals surface area contributed by atoms with E-state index in [-0.39, 0.29) is 6.61 Å². The predicted octanol–water partition coefficient (Wildman–Crippen LogP) is 3.23. The molecule has 0 unspecified atom stereocenters. The first-order valence-electron chi connectivity index (χ1n) is 4.99. The first-order valence-corrected chi connectivity index (χ1v) is 4.99. The van der Waals surface area contributed by atoms with Crippen molar-refractivity contribution in [2.75, 3.05) is 6.61 Å². The number of aliphatic hydroxyl groups is 1. The standard InChI is InChI=1S/C12H20O/c1-2-3-4-5-6-7-8-9-10-11-12-13/h4-7,9-10,13H,2-3,8,11-12H2,1H3/b5-4-,7-6-,10-9+.